The first-order valence-electron chi connectivity index (χ1n) is 7.09. The van der Waals surface area contributed by atoms with Crippen molar-refractivity contribution in [2.24, 2.45) is 5.92 Å². The normalized spacial score (nSPS) is 11.6. The molecule has 5 nitrogen and oxygen atoms in total. The Morgan fingerprint density at radius 1 is 1.29 bits per heavy atom. The average Bonchev–Trinajstić information content (AvgIpc) is 2.37. The van der Waals surface area contributed by atoms with E-state index < -0.39 is 0 Å². The van der Waals surface area contributed by atoms with Crippen molar-refractivity contribution in [2.45, 2.75) is 20.4 Å². The van der Waals surface area contributed by atoms with E-state index in [4.69, 9.17) is 0 Å². The molecule has 0 fully saturated rings. The second kappa shape index (κ2) is 8.46. The number of hydrogen-bond donors (Lipinski definition) is 0. The van der Waals surface area contributed by atoms with Gasteiger partial charge in [-0.05, 0) is 47.6 Å². The van der Waals surface area contributed by atoms with E-state index in [1.54, 1.807) is 12.1 Å². The fourth-order valence-electron chi connectivity index (χ4n) is 2.15. The van der Waals surface area contributed by atoms with Gasteiger partial charge in [-0.2, -0.15) is 0 Å². The van der Waals surface area contributed by atoms with Crippen molar-refractivity contribution in [1.29, 1.82) is 0 Å². The quantitative estimate of drug-likeness (QED) is 0.528. The van der Waals surface area contributed by atoms with Gasteiger partial charge < -0.3 is 4.90 Å². The minimum atomic E-state index is -0.347. The van der Waals surface area contributed by atoms with E-state index in [0.29, 0.717) is 10.4 Å². The molecule has 21 heavy (non-hydrogen) atoms. The maximum Gasteiger partial charge on any atom is 0.283 e. The van der Waals surface area contributed by atoms with Crippen LogP contribution in [-0.4, -0.2) is 48.5 Å². The van der Waals surface area contributed by atoms with Crippen molar-refractivity contribution in [2.75, 3.05) is 33.7 Å². The highest BCUT2D eigenvalue weighted by Crippen LogP contribution is 2.26. The van der Waals surface area contributed by atoms with Gasteiger partial charge in [-0.25, -0.2) is 0 Å². The highest BCUT2D eigenvalue weighted by molar-refractivity contribution is 9.10. The third kappa shape index (κ3) is 6.54. The summed E-state index contributed by atoms with van der Waals surface area (Å²) in [7, 11) is 4.11. The van der Waals surface area contributed by atoms with Crippen molar-refractivity contribution < 1.29 is 4.92 Å². The Morgan fingerprint density at radius 2 is 1.95 bits per heavy atom. The Balaban J connectivity index is 2.82. The van der Waals surface area contributed by atoms with Crippen LogP contribution in [0.2, 0.25) is 0 Å². The number of benzene rings is 1. The molecule has 0 aliphatic carbocycles. The Bertz CT molecular complexity index is 478. The van der Waals surface area contributed by atoms with E-state index >= 15 is 0 Å². The topological polar surface area (TPSA) is 49.6 Å². The van der Waals surface area contributed by atoms with E-state index in [0.717, 1.165) is 31.7 Å². The molecule has 0 bridgehead atoms. The van der Waals surface area contributed by atoms with Crippen LogP contribution < -0.4 is 0 Å². The molecule has 0 aromatic heterocycles. The lowest BCUT2D eigenvalue weighted by molar-refractivity contribution is -0.385. The van der Waals surface area contributed by atoms with Gasteiger partial charge in [0, 0.05) is 32.2 Å². The lowest BCUT2D eigenvalue weighted by atomic mass is 10.1. The Kier molecular flexibility index (Phi) is 7.28. The molecule has 0 atom stereocenters. The summed E-state index contributed by atoms with van der Waals surface area (Å²) in [5.41, 5.74) is 1.11. The van der Waals surface area contributed by atoms with Gasteiger partial charge in [0.05, 0.1) is 9.40 Å². The predicted octanol–water partition coefficient (Wildman–Crippen LogP) is 3.38. The molecule has 0 aliphatic heterocycles. The van der Waals surface area contributed by atoms with E-state index in [2.05, 4.69) is 53.7 Å². The number of rotatable bonds is 8. The molecule has 1 rings (SSSR count). The zero-order valence-corrected chi connectivity index (χ0v) is 14.8. The summed E-state index contributed by atoms with van der Waals surface area (Å²) in [6.07, 6.45) is 0. The second-order valence-electron chi connectivity index (χ2n) is 5.98. The molecule has 0 radical (unpaired) electrons. The molecule has 0 aliphatic rings. The lowest BCUT2D eigenvalue weighted by Gasteiger charge is -2.25. The molecule has 0 spiro atoms. The molecule has 0 N–H and O–H groups in total. The van der Waals surface area contributed by atoms with Crippen molar-refractivity contribution in [3.63, 3.8) is 0 Å². The van der Waals surface area contributed by atoms with Crippen LogP contribution in [0.3, 0.4) is 0 Å². The summed E-state index contributed by atoms with van der Waals surface area (Å²) < 4.78 is 0.528. The summed E-state index contributed by atoms with van der Waals surface area (Å²) in [6, 6.07) is 5.36. The summed E-state index contributed by atoms with van der Waals surface area (Å²) in [5.74, 6) is 0.567. The molecule has 6 heteroatoms. The number of nitrogens with zero attached hydrogens (tertiary/aromatic N) is 3. The zero-order chi connectivity index (χ0) is 16.0. The Hall–Kier alpha value is -0.980. The van der Waals surface area contributed by atoms with Crippen molar-refractivity contribution >= 4 is 21.6 Å². The average molecular weight is 358 g/mol. The minimum Gasteiger partial charge on any atom is -0.308 e. The fourth-order valence-corrected chi connectivity index (χ4v) is 2.54. The van der Waals surface area contributed by atoms with Crippen LogP contribution in [-0.2, 0) is 6.54 Å². The van der Waals surface area contributed by atoms with Crippen LogP contribution in [0.5, 0.6) is 0 Å². The van der Waals surface area contributed by atoms with Gasteiger partial charge in [-0.3, -0.25) is 15.0 Å². The van der Waals surface area contributed by atoms with E-state index in [-0.39, 0.29) is 10.6 Å². The summed E-state index contributed by atoms with van der Waals surface area (Å²) >= 11 is 3.23. The largest absolute Gasteiger partial charge is 0.308 e. The third-order valence-electron chi connectivity index (χ3n) is 3.10. The number of nitro benzene ring substituents is 1. The summed E-state index contributed by atoms with van der Waals surface area (Å²) in [5, 5.41) is 11.0. The lowest BCUT2D eigenvalue weighted by Crippen LogP contribution is -2.34. The molecule has 0 saturated heterocycles. The summed E-state index contributed by atoms with van der Waals surface area (Å²) in [4.78, 5) is 15.2. The van der Waals surface area contributed by atoms with Crippen LogP contribution >= 0.6 is 15.9 Å². The van der Waals surface area contributed by atoms with Crippen LogP contribution in [0.4, 0.5) is 5.69 Å². The SMILES string of the molecule is CC(C)CN(CCN(C)C)Cc1ccc(Br)c([N+](=O)[O-])c1. The first-order chi connectivity index (χ1) is 9.79. The van der Waals surface area contributed by atoms with E-state index in [9.17, 15) is 10.1 Å². The zero-order valence-electron chi connectivity index (χ0n) is 13.2. The van der Waals surface area contributed by atoms with Crippen LogP contribution in [0, 0.1) is 16.0 Å². The molecule has 0 amide bonds. The van der Waals surface area contributed by atoms with Crippen LogP contribution in [0.15, 0.2) is 22.7 Å². The number of halogens is 1. The monoisotopic (exact) mass is 357 g/mol. The van der Waals surface area contributed by atoms with Gasteiger partial charge in [0.15, 0.2) is 0 Å². The van der Waals surface area contributed by atoms with Crippen LogP contribution in [0.1, 0.15) is 19.4 Å². The molecule has 0 saturated carbocycles. The van der Waals surface area contributed by atoms with Gasteiger partial charge >= 0.3 is 0 Å². The van der Waals surface area contributed by atoms with Gasteiger partial charge in [-0.15, -0.1) is 0 Å². The van der Waals surface area contributed by atoms with Gasteiger partial charge in [0.2, 0.25) is 0 Å². The highest BCUT2D eigenvalue weighted by Gasteiger charge is 2.15. The standard InChI is InChI=1S/C15H24BrN3O2/c1-12(2)10-18(8-7-17(3)4)11-13-5-6-14(16)15(9-13)19(20)21/h5-6,9,12H,7-8,10-11H2,1-4H3. The molecular formula is C15H24BrN3O2. The van der Waals surface area contributed by atoms with E-state index in [1.807, 2.05) is 6.07 Å². The van der Waals surface area contributed by atoms with Crippen LogP contribution in [0.25, 0.3) is 0 Å². The summed E-state index contributed by atoms with van der Waals surface area (Å²) in [6.45, 7) is 8.03. The first-order valence-corrected chi connectivity index (χ1v) is 7.88. The van der Waals surface area contributed by atoms with Crippen molar-refractivity contribution in [3.05, 3.63) is 38.3 Å². The third-order valence-corrected chi connectivity index (χ3v) is 3.77. The van der Waals surface area contributed by atoms with Gasteiger partial charge in [0.1, 0.15) is 0 Å². The first kappa shape index (κ1) is 18.1. The molecule has 118 valence electrons. The minimum absolute atomic E-state index is 0.129. The van der Waals surface area contributed by atoms with Crippen molar-refractivity contribution in [1.82, 2.24) is 9.80 Å². The molecule has 1 aromatic carbocycles. The second-order valence-corrected chi connectivity index (χ2v) is 6.83. The number of nitro groups is 1. The molecule has 0 heterocycles. The van der Waals surface area contributed by atoms with Crippen molar-refractivity contribution in [3.8, 4) is 0 Å². The maximum atomic E-state index is 11.0. The van der Waals surface area contributed by atoms with Gasteiger partial charge in [0.25, 0.3) is 5.69 Å². The molecular weight excluding hydrogens is 334 g/mol. The fraction of sp³-hybridized carbons (Fsp3) is 0.600. The Labute approximate surface area is 135 Å². The predicted molar refractivity (Wildman–Crippen MR) is 89.5 cm³/mol. The molecule has 0 unspecified atom stereocenters. The number of likely N-dealkylation sites (N-methyl/N-ethyl adjacent to an activating group) is 1. The smallest absolute Gasteiger partial charge is 0.283 e. The highest BCUT2D eigenvalue weighted by atomic mass is 79.9. The number of hydrogen-bond acceptors (Lipinski definition) is 4. The maximum absolute atomic E-state index is 11.0. The Morgan fingerprint density at radius 3 is 2.48 bits per heavy atom. The molecule has 1 aromatic rings. The van der Waals surface area contributed by atoms with E-state index in [1.165, 1.54) is 0 Å². The van der Waals surface area contributed by atoms with Gasteiger partial charge in [-0.1, -0.05) is 19.9 Å².